The lowest BCUT2D eigenvalue weighted by Crippen LogP contribution is -2.30. The van der Waals surface area contributed by atoms with Gasteiger partial charge in [0.15, 0.2) is 5.13 Å². The fourth-order valence-electron chi connectivity index (χ4n) is 4.32. The third-order valence-corrected chi connectivity index (χ3v) is 7.10. The van der Waals surface area contributed by atoms with Crippen molar-refractivity contribution in [1.82, 2.24) is 24.5 Å². The molecule has 2 aromatic carbocycles. The third-order valence-electron chi connectivity index (χ3n) is 6.04. The van der Waals surface area contributed by atoms with E-state index in [1.165, 1.54) is 32.8 Å². The number of aryl methyl sites for hydroxylation is 1. The Labute approximate surface area is 190 Å². The van der Waals surface area contributed by atoms with Gasteiger partial charge in [-0.15, -0.1) is 11.3 Å². The molecule has 0 unspecified atom stereocenters. The highest BCUT2D eigenvalue weighted by Crippen LogP contribution is 2.31. The predicted molar refractivity (Wildman–Crippen MR) is 128 cm³/mol. The van der Waals surface area contributed by atoms with Gasteiger partial charge in [0.25, 0.3) is 0 Å². The number of anilines is 1. The van der Waals surface area contributed by atoms with Gasteiger partial charge in [-0.25, -0.2) is 9.67 Å². The van der Waals surface area contributed by atoms with Gasteiger partial charge in [-0.2, -0.15) is 5.10 Å². The average molecular weight is 441 g/mol. The highest BCUT2D eigenvalue weighted by molar-refractivity contribution is 7.15. The molecule has 1 aliphatic heterocycles. The second-order valence-corrected chi connectivity index (χ2v) is 9.42. The van der Waals surface area contributed by atoms with E-state index >= 15 is 0 Å². The normalized spacial score (nSPS) is 13.5. The molecule has 0 spiro atoms. The maximum atomic E-state index is 4.76. The molecule has 0 bridgehead atoms. The summed E-state index contributed by atoms with van der Waals surface area (Å²) in [6.45, 7) is 1.93. The van der Waals surface area contributed by atoms with Gasteiger partial charge in [-0.3, -0.25) is 9.78 Å². The largest absolute Gasteiger partial charge is 0.343 e. The molecule has 160 valence electrons. The number of fused-ring (bicyclic) bond motifs is 1. The summed E-state index contributed by atoms with van der Waals surface area (Å²) in [4.78, 5) is 8.46. The molecule has 0 fully saturated rings. The van der Waals surface area contributed by atoms with Gasteiger partial charge in [0, 0.05) is 61.8 Å². The van der Waals surface area contributed by atoms with E-state index in [-0.39, 0.29) is 0 Å². The van der Waals surface area contributed by atoms with Crippen molar-refractivity contribution in [1.29, 1.82) is 0 Å². The number of aromatic amines is 1. The molecular formula is C25H24N6S. The van der Waals surface area contributed by atoms with Crippen molar-refractivity contribution in [2.45, 2.75) is 19.4 Å². The summed E-state index contributed by atoms with van der Waals surface area (Å²) in [7, 11) is 2.01. The summed E-state index contributed by atoms with van der Waals surface area (Å²) in [6.07, 6.45) is 9.88. The van der Waals surface area contributed by atoms with E-state index in [2.05, 4.69) is 63.8 Å². The molecule has 1 aliphatic rings. The molecular weight excluding hydrogens is 416 g/mol. The molecule has 3 aromatic heterocycles. The van der Waals surface area contributed by atoms with Crippen molar-refractivity contribution in [2.24, 2.45) is 7.05 Å². The van der Waals surface area contributed by atoms with Crippen LogP contribution in [0.25, 0.3) is 16.9 Å². The Morgan fingerprint density at radius 1 is 1.09 bits per heavy atom. The van der Waals surface area contributed by atoms with E-state index in [0.29, 0.717) is 0 Å². The van der Waals surface area contributed by atoms with Crippen LogP contribution in [0.2, 0.25) is 0 Å². The molecule has 0 saturated heterocycles. The Hall–Kier alpha value is -3.58. The Morgan fingerprint density at radius 3 is 2.75 bits per heavy atom. The number of hydrogen-bond acceptors (Lipinski definition) is 4. The zero-order valence-electron chi connectivity index (χ0n) is 17.9. The molecule has 5 aromatic rings. The second-order valence-electron chi connectivity index (χ2n) is 8.32. The van der Waals surface area contributed by atoms with E-state index in [4.69, 9.17) is 4.98 Å². The highest BCUT2D eigenvalue weighted by atomic mass is 32.1. The topological polar surface area (TPSA) is 54.7 Å². The Morgan fingerprint density at radius 2 is 1.97 bits per heavy atom. The van der Waals surface area contributed by atoms with Crippen LogP contribution in [-0.4, -0.2) is 31.1 Å². The van der Waals surface area contributed by atoms with Crippen LogP contribution in [0.3, 0.4) is 0 Å². The van der Waals surface area contributed by atoms with Crippen LogP contribution in [0.5, 0.6) is 0 Å². The van der Waals surface area contributed by atoms with E-state index in [1.54, 1.807) is 17.5 Å². The molecule has 6 rings (SSSR count). The van der Waals surface area contributed by atoms with Crippen LogP contribution < -0.4 is 4.90 Å². The van der Waals surface area contributed by atoms with Gasteiger partial charge in [-0.05, 0) is 47.4 Å². The van der Waals surface area contributed by atoms with Crippen LogP contribution in [0, 0.1) is 0 Å². The zero-order valence-corrected chi connectivity index (χ0v) is 18.7. The Balaban J connectivity index is 1.16. The minimum atomic E-state index is 0.902. The smallest absolute Gasteiger partial charge is 0.185 e. The van der Waals surface area contributed by atoms with Crippen molar-refractivity contribution in [2.75, 3.05) is 11.4 Å². The summed E-state index contributed by atoms with van der Waals surface area (Å²) in [6, 6.07) is 17.4. The molecule has 1 N–H and O–H groups in total. The summed E-state index contributed by atoms with van der Waals surface area (Å²) in [5.41, 5.74) is 7.65. The lowest BCUT2D eigenvalue weighted by Gasteiger charge is -2.29. The van der Waals surface area contributed by atoms with Gasteiger partial charge in [0.05, 0.1) is 11.4 Å². The molecule has 4 heterocycles. The van der Waals surface area contributed by atoms with E-state index < -0.39 is 0 Å². The molecule has 0 saturated carbocycles. The summed E-state index contributed by atoms with van der Waals surface area (Å²) >= 11 is 1.80. The number of aromatic nitrogens is 5. The second kappa shape index (κ2) is 7.84. The monoisotopic (exact) mass is 440 g/mol. The molecule has 7 heteroatoms. The zero-order chi connectivity index (χ0) is 21.5. The van der Waals surface area contributed by atoms with Crippen LogP contribution in [0.15, 0.2) is 73.3 Å². The lowest BCUT2D eigenvalue weighted by molar-refractivity contribution is 0.697. The van der Waals surface area contributed by atoms with Gasteiger partial charge in [0.2, 0.25) is 0 Å². The number of H-pyrrole nitrogens is 1. The number of nitrogens with zero attached hydrogens (tertiary/aromatic N) is 5. The molecule has 32 heavy (non-hydrogen) atoms. The highest BCUT2D eigenvalue weighted by Gasteiger charge is 2.20. The molecule has 0 radical (unpaired) electrons. The standard InChI is InChI=1S/C25H24N6S/c1-29-17-24(28-29)20-6-5-19-9-12-30(16-21(19)14-20)25-26-15-23(32-25)13-18-3-7-22(8-4-18)31-11-2-10-27-31/h2-8,10-11,14-15,17,28H,9,12-13,16H2,1H3. The van der Waals surface area contributed by atoms with Crippen molar-refractivity contribution in [3.8, 4) is 16.9 Å². The summed E-state index contributed by atoms with van der Waals surface area (Å²) in [5, 5.41) is 8.72. The predicted octanol–water partition coefficient (Wildman–Crippen LogP) is 4.82. The van der Waals surface area contributed by atoms with Crippen molar-refractivity contribution >= 4 is 16.5 Å². The van der Waals surface area contributed by atoms with Crippen LogP contribution in [0.4, 0.5) is 5.13 Å². The van der Waals surface area contributed by atoms with Crippen molar-refractivity contribution in [3.63, 3.8) is 0 Å². The van der Waals surface area contributed by atoms with Crippen LogP contribution >= 0.6 is 11.3 Å². The van der Waals surface area contributed by atoms with E-state index in [1.807, 2.05) is 34.9 Å². The first-order valence-corrected chi connectivity index (χ1v) is 11.6. The summed E-state index contributed by atoms with van der Waals surface area (Å²) < 4.78 is 3.85. The fraction of sp³-hybridized carbons (Fsp3) is 0.200. The first kappa shape index (κ1) is 19.1. The van der Waals surface area contributed by atoms with E-state index in [9.17, 15) is 0 Å². The first-order chi connectivity index (χ1) is 15.7. The van der Waals surface area contributed by atoms with Gasteiger partial charge >= 0.3 is 0 Å². The van der Waals surface area contributed by atoms with Crippen molar-refractivity contribution in [3.05, 3.63) is 94.9 Å². The van der Waals surface area contributed by atoms with Gasteiger partial charge in [0.1, 0.15) is 0 Å². The van der Waals surface area contributed by atoms with Crippen LogP contribution in [0.1, 0.15) is 21.6 Å². The number of rotatable bonds is 5. The molecule has 0 aliphatic carbocycles. The van der Waals surface area contributed by atoms with E-state index in [0.717, 1.165) is 36.8 Å². The third kappa shape index (κ3) is 3.65. The maximum absolute atomic E-state index is 4.76. The minimum absolute atomic E-state index is 0.902. The van der Waals surface area contributed by atoms with Gasteiger partial charge in [-0.1, -0.05) is 24.3 Å². The van der Waals surface area contributed by atoms with Crippen LogP contribution in [-0.2, 0) is 26.4 Å². The Kier molecular flexibility index (Phi) is 4.69. The molecule has 0 atom stereocenters. The average Bonchev–Trinajstić information content (AvgIpc) is 3.49. The number of nitrogens with one attached hydrogen (secondary N) is 1. The maximum Gasteiger partial charge on any atom is 0.185 e. The number of benzene rings is 2. The summed E-state index contributed by atoms with van der Waals surface area (Å²) in [5.74, 6) is 0. The number of hydrogen-bond donors (Lipinski definition) is 1. The quantitative estimate of drug-likeness (QED) is 0.426. The lowest BCUT2D eigenvalue weighted by atomic mass is 9.96. The van der Waals surface area contributed by atoms with Crippen molar-refractivity contribution < 1.29 is 0 Å². The Bertz CT molecular complexity index is 1330. The molecule has 6 nitrogen and oxygen atoms in total. The first-order valence-electron chi connectivity index (χ1n) is 10.8. The van der Waals surface area contributed by atoms with Gasteiger partial charge < -0.3 is 4.90 Å². The SMILES string of the molecule is Cn1cc(-c2ccc3c(c2)CN(c2ncc(Cc4ccc(-n5cccn5)cc4)s2)CC3)[nH]1. The minimum Gasteiger partial charge on any atom is -0.343 e. The fourth-order valence-corrected chi connectivity index (χ4v) is 5.29. The number of thiazole rings is 1. The molecule has 0 amide bonds.